The molecular formula is C22H22N2O4S. The monoisotopic (exact) mass is 410 g/mol. The summed E-state index contributed by atoms with van der Waals surface area (Å²) in [7, 11) is -3.54. The summed E-state index contributed by atoms with van der Waals surface area (Å²) < 4.78 is 27.0. The fourth-order valence-corrected chi connectivity index (χ4v) is 4.40. The van der Waals surface area contributed by atoms with Gasteiger partial charge in [-0.15, -0.1) is 0 Å². The Kier molecular flexibility index (Phi) is 5.36. The van der Waals surface area contributed by atoms with E-state index in [2.05, 4.69) is 10.0 Å². The number of nitrogens with one attached hydrogen (secondary N) is 2. The van der Waals surface area contributed by atoms with Crippen molar-refractivity contribution in [3.63, 3.8) is 0 Å². The second-order valence-corrected chi connectivity index (χ2v) is 8.97. The number of aliphatic hydroxyl groups is 1. The van der Waals surface area contributed by atoms with Gasteiger partial charge in [-0.05, 0) is 59.5 Å². The summed E-state index contributed by atoms with van der Waals surface area (Å²) in [4.78, 5) is 12.5. The summed E-state index contributed by atoms with van der Waals surface area (Å²) in [6, 6.07) is 19.3. The van der Waals surface area contributed by atoms with Crippen LogP contribution in [-0.2, 0) is 10.0 Å². The molecule has 1 aliphatic rings. The van der Waals surface area contributed by atoms with Crippen LogP contribution < -0.4 is 10.0 Å². The molecule has 0 aliphatic heterocycles. The standard InChI is InChI=1S/C22H22N2O4S/c25-21(18-6-5-15-3-1-2-4-17(15)13-18)14-23-22(26)16-7-11-20(12-8-16)29(27,28)24-19-9-10-19/h1-8,11-13,19,21,24-25H,9-10,14H2,(H,23,26). The summed E-state index contributed by atoms with van der Waals surface area (Å²) in [5.74, 6) is -0.371. The number of hydrogen-bond acceptors (Lipinski definition) is 4. The molecule has 4 rings (SSSR count). The minimum atomic E-state index is -3.54. The van der Waals surface area contributed by atoms with Gasteiger partial charge in [0.1, 0.15) is 0 Å². The number of hydrogen-bond donors (Lipinski definition) is 3. The van der Waals surface area contributed by atoms with Gasteiger partial charge >= 0.3 is 0 Å². The molecule has 1 unspecified atom stereocenters. The Morgan fingerprint density at radius 2 is 1.69 bits per heavy atom. The fraction of sp³-hybridized carbons (Fsp3) is 0.227. The van der Waals surface area contributed by atoms with Gasteiger partial charge in [0, 0.05) is 18.2 Å². The van der Waals surface area contributed by atoms with Crippen LogP contribution in [0.5, 0.6) is 0 Å². The van der Waals surface area contributed by atoms with Crippen molar-refractivity contribution in [1.82, 2.24) is 10.0 Å². The van der Waals surface area contributed by atoms with E-state index < -0.39 is 16.1 Å². The number of fused-ring (bicyclic) bond motifs is 1. The number of rotatable bonds is 7. The lowest BCUT2D eigenvalue weighted by Gasteiger charge is -2.13. The fourth-order valence-electron chi connectivity index (χ4n) is 3.10. The Morgan fingerprint density at radius 3 is 2.38 bits per heavy atom. The molecule has 7 heteroatoms. The van der Waals surface area contributed by atoms with E-state index in [4.69, 9.17) is 0 Å². The first kappa shape index (κ1) is 19.6. The summed E-state index contributed by atoms with van der Waals surface area (Å²) in [5, 5.41) is 15.2. The third kappa shape index (κ3) is 4.64. The molecule has 1 fully saturated rings. The molecule has 0 radical (unpaired) electrons. The molecule has 6 nitrogen and oxygen atoms in total. The van der Waals surface area contributed by atoms with Gasteiger partial charge in [0.05, 0.1) is 11.0 Å². The molecule has 1 saturated carbocycles. The van der Waals surface area contributed by atoms with Crippen molar-refractivity contribution in [2.75, 3.05) is 6.54 Å². The van der Waals surface area contributed by atoms with Crippen molar-refractivity contribution in [3.8, 4) is 0 Å². The van der Waals surface area contributed by atoms with Crippen LogP contribution in [0.3, 0.4) is 0 Å². The van der Waals surface area contributed by atoms with E-state index in [-0.39, 0.29) is 23.4 Å². The molecule has 3 aromatic rings. The number of sulfonamides is 1. The first-order valence-electron chi connectivity index (χ1n) is 9.50. The predicted octanol–water partition coefficient (Wildman–Crippen LogP) is 2.74. The van der Waals surface area contributed by atoms with Gasteiger partial charge in [0.25, 0.3) is 5.91 Å². The smallest absolute Gasteiger partial charge is 0.251 e. The molecule has 1 amide bonds. The highest BCUT2D eigenvalue weighted by Gasteiger charge is 2.28. The molecule has 0 heterocycles. The second-order valence-electron chi connectivity index (χ2n) is 7.25. The van der Waals surface area contributed by atoms with Crippen LogP contribution in [-0.4, -0.2) is 32.0 Å². The topological polar surface area (TPSA) is 95.5 Å². The molecular weight excluding hydrogens is 388 g/mol. The van der Waals surface area contributed by atoms with Crippen LogP contribution >= 0.6 is 0 Å². The zero-order valence-electron chi connectivity index (χ0n) is 15.7. The molecule has 0 spiro atoms. The third-order valence-corrected chi connectivity index (χ3v) is 6.48. The Bertz CT molecular complexity index is 1140. The maximum Gasteiger partial charge on any atom is 0.251 e. The number of aliphatic hydroxyl groups excluding tert-OH is 1. The molecule has 1 aliphatic carbocycles. The number of amides is 1. The molecule has 0 saturated heterocycles. The average molecular weight is 410 g/mol. The highest BCUT2D eigenvalue weighted by molar-refractivity contribution is 7.89. The molecule has 0 bridgehead atoms. The van der Waals surface area contributed by atoms with E-state index in [1.54, 1.807) is 0 Å². The van der Waals surface area contributed by atoms with Gasteiger partial charge in [0.2, 0.25) is 10.0 Å². The molecule has 3 N–H and O–H groups in total. The van der Waals surface area contributed by atoms with Crippen LogP contribution in [0, 0.1) is 0 Å². The van der Waals surface area contributed by atoms with Crippen molar-refractivity contribution in [3.05, 3.63) is 77.9 Å². The van der Waals surface area contributed by atoms with Crippen molar-refractivity contribution in [1.29, 1.82) is 0 Å². The molecule has 1 atom stereocenters. The minimum absolute atomic E-state index is 0.0274. The van der Waals surface area contributed by atoms with Crippen molar-refractivity contribution in [2.24, 2.45) is 0 Å². The van der Waals surface area contributed by atoms with E-state index in [0.717, 1.165) is 29.2 Å². The Morgan fingerprint density at radius 1 is 1.00 bits per heavy atom. The van der Waals surface area contributed by atoms with Crippen LogP contribution in [0.15, 0.2) is 71.6 Å². The normalized spacial score (nSPS) is 15.2. The number of benzene rings is 3. The average Bonchev–Trinajstić information content (AvgIpc) is 3.54. The quantitative estimate of drug-likeness (QED) is 0.558. The Hall–Kier alpha value is -2.74. The van der Waals surface area contributed by atoms with Gasteiger partial charge in [-0.3, -0.25) is 4.79 Å². The first-order chi connectivity index (χ1) is 13.9. The summed E-state index contributed by atoms with van der Waals surface area (Å²) in [5.41, 5.74) is 1.05. The van der Waals surface area contributed by atoms with Gasteiger partial charge in [-0.1, -0.05) is 36.4 Å². The number of carbonyl (C=O) groups excluding carboxylic acids is 1. The van der Waals surface area contributed by atoms with Gasteiger partial charge in [0.15, 0.2) is 0 Å². The Labute approximate surface area is 169 Å². The molecule has 3 aromatic carbocycles. The maximum atomic E-state index is 12.4. The van der Waals surface area contributed by atoms with E-state index in [1.165, 1.54) is 24.3 Å². The highest BCUT2D eigenvalue weighted by atomic mass is 32.2. The maximum absolute atomic E-state index is 12.4. The van der Waals surface area contributed by atoms with E-state index >= 15 is 0 Å². The summed E-state index contributed by atoms with van der Waals surface area (Å²) in [6.07, 6.45) is 0.879. The first-order valence-corrected chi connectivity index (χ1v) is 11.0. The van der Waals surface area contributed by atoms with Crippen LogP contribution in [0.2, 0.25) is 0 Å². The SMILES string of the molecule is O=C(NCC(O)c1ccc2ccccc2c1)c1ccc(S(=O)(=O)NC2CC2)cc1. The van der Waals surface area contributed by atoms with Gasteiger partial charge in [-0.25, -0.2) is 13.1 Å². The van der Waals surface area contributed by atoms with E-state index in [0.29, 0.717) is 5.56 Å². The Balaban J connectivity index is 1.38. The molecule has 150 valence electrons. The third-order valence-electron chi connectivity index (χ3n) is 4.94. The van der Waals surface area contributed by atoms with Crippen LogP contribution in [0.25, 0.3) is 10.8 Å². The predicted molar refractivity (Wildman–Crippen MR) is 111 cm³/mol. The second kappa shape index (κ2) is 7.94. The number of carbonyl (C=O) groups is 1. The lowest BCUT2D eigenvalue weighted by molar-refractivity contribution is 0.0916. The summed E-state index contributed by atoms with van der Waals surface area (Å²) in [6.45, 7) is 0.0560. The molecule has 29 heavy (non-hydrogen) atoms. The van der Waals surface area contributed by atoms with Crippen molar-refractivity contribution >= 4 is 26.7 Å². The zero-order chi connectivity index (χ0) is 20.4. The largest absolute Gasteiger partial charge is 0.387 e. The highest BCUT2D eigenvalue weighted by Crippen LogP contribution is 2.22. The summed E-state index contributed by atoms with van der Waals surface area (Å²) >= 11 is 0. The van der Waals surface area contributed by atoms with Crippen molar-refractivity contribution < 1.29 is 18.3 Å². The van der Waals surface area contributed by atoms with E-state index in [9.17, 15) is 18.3 Å². The lowest BCUT2D eigenvalue weighted by atomic mass is 10.0. The lowest BCUT2D eigenvalue weighted by Crippen LogP contribution is -2.28. The van der Waals surface area contributed by atoms with Crippen LogP contribution in [0.1, 0.15) is 34.9 Å². The van der Waals surface area contributed by atoms with Gasteiger partial charge < -0.3 is 10.4 Å². The van der Waals surface area contributed by atoms with Gasteiger partial charge in [-0.2, -0.15) is 0 Å². The van der Waals surface area contributed by atoms with Crippen LogP contribution in [0.4, 0.5) is 0 Å². The van der Waals surface area contributed by atoms with E-state index in [1.807, 2.05) is 42.5 Å². The molecule has 0 aromatic heterocycles. The zero-order valence-corrected chi connectivity index (χ0v) is 16.5. The minimum Gasteiger partial charge on any atom is -0.387 e. The van der Waals surface area contributed by atoms with Crippen molar-refractivity contribution in [2.45, 2.75) is 29.9 Å².